The molecule has 7 heteroatoms. The van der Waals surface area contributed by atoms with Crippen LogP contribution in [0.25, 0.3) is 11.3 Å². The fraction of sp³-hybridized carbons (Fsp3) is 0.150. The zero-order valence-electron chi connectivity index (χ0n) is 14.7. The van der Waals surface area contributed by atoms with Crippen molar-refractivity contribution in [2.75, 3.05) is 12.4 Å². The van der Waals surface area contributed by atoms with Gasteiger partial charge in [0, 0.05) is 36.2 Å². The maximum Gasteiger partial charge on any atom is 0.269 e. The van der Waals surface area contributed by atoms with Gasteiger partial charge in [-0.25, -0.2) is 0 Å². The van der Waals surface area contributed by atoms with Gasteiger partial charge >= 0.3 is 0 Å². The Hall–Kier alpha value is -3.61. The van der Waals surface area contributed by atoms with Crippen LogP contribution in [-0.4, -0.2) is 17.9 Å². The molecule has 3 aromatic rings. The number of furan rings is 1. The summed E-state index contributed by atoms with van der Waals surface area (Å²) in [5, 5.41) is 13.3. The lowest BCUT2D eigenvalue weighted by atomic mass is 10.2. The number of nitro benzene ring substituents is 1. The predicted molar refractivity (Wildman–Crippen MR) is 101 cm³/mol. The van der Waals surface area contributed by atoms with Crippen molar-refractivity contribution in [2.24, 2.45) is 0 Å². The van der Waals surface area contributed by atoms with Crippen LogP contribution in [0.3, 0.4) is 0 Å². The number of hydrogen-bond acceptors (Lipinski definition) is 5. The number of methoxy groups -OCH3 is 1. The molecule has 0 aliphatic heterocycles. The molecule has 1 heterocycles. The SMILES string of the molecule is COc1ccc(-c2ccc(CCC(=O)Nc3ccc([N+](=O)[O-])cc3)o2)cc1. The molecule has 0 aliphatic carbocycles. The van der Waals surface area contributed by atoms with Gasteiger partial charge in [0.1, 0.15) is 17.3 Å². The van der Waals surface area contributed by atoms with E-state index in [9.17, 15) is 14.9 Å². The van der Waals surface area contributed by atoms with Gasteiger partial charge in [-0.05, 0) is 48.5 Å². The molecule has 3 rings (SSSR count). The summed E-state index contributed by atoms with van der Waals surface area (Å²) < 4.78 is 10.9. The van der Waals surface area contributed by atoms with Crippen LogP contribution >= 0.6 is 0 Å². The van der Waals surface area contributed by atoms with Crippen molar-refractivity contribution in [1.82, 2.24) is 0 Å². The fourth-order valence-electron chi connectivity index (χ4n) is 2.55. The van der Waals surface area contributed by atoms with E-state index >= 15 is 0 Å². The highest BCUT2D eigenvalue weighted by Crippen LogP contribution is 2.25. The second kappa shape index (κ2) is 8.18. The molecule has 27 heavy (non-hydrogen) atoms. The number of carbonyl (C=O) groups excluding carboxylic acids is 1. The standard InChI is InChI=1S/C20H18N2O5/c1-26-17-8-2-14(3-9-17)19-12-10-18(27-19)11-13-20(23)21-15-4-6-16(7-5-15)22(24)25/h2-10,12H,11,13H2,1H3,(H,21,23). The lowest BCUT2D eigenvalue weighted by Crippen LogP contribution is -2.12. The molecule has 0 atom stereocenters. The summed E-state index contributed by atoms with van der Waals surface area (Å²) in [5.41, 5.74) is 1.43. The number of non-ortho nitro benzene ring substituents is 1. The molecular formula is C20H18N2O5. The molecule has 2 aromatic carbocycles. The van der Waals surface area contributed by atoms with E-state index in [4.69, 9.17) is 9.15 Å². The Bertz CT molecular complexity index is 930. The number of rotatable bonds is 7. The molecular weight excluding hydrogens is 348 g/mol. The van der Waals surface area contributed by atoms with Crippen molar-refractivity contribution in [2.45, 2.75) is 12.8 Å². The number of hydrogen-bond donors (Lipinski definition) is 1. The normalized spacial score (nSPS) is 10.4. The highest BCUT2D eigenvalue weighted by Gasteiger charge is 2.09. The summed E-state index contributed by atoms with van der Waals surface area (Å²) in [6.07, 6.45) is 0.696. The van der Waals surface area contributed by atoms with Crippen LogP contribution < -0.4 is 10.1 Å². The molecule has 138 valence electrons. The molecule has 0 aliphatic rings. The van der Waals surface area contributed by atoms with Gasteiger partial charge in [0.25, 0.3) is 5.69 Å². The van der Waals surface area contributed by atoms with Crippen molar-refractivity contribution in [1.29, 1.82) is 0 Å². The number of anilines is 1. The summed E-state index contributed by atoms with van der Waals surface area (Å²) in [6.45, 7) is 0. The summed E-state index contributed by atoms with van der Waals surface area (Å²) >= 11 is 0. The quantitative estimate of drug-likeness (QED) is 0.493. The molecule has 0 saturated carbocycles. The summed E-state index contributed by atoms with van der Waals surface area (Å²) in [4.78, 5) is 22.2. The minimum atomic E-state index is -0.483. The second-order valence-electron chi connectivity index (χ2n) is 5.85. The minimum Gasteiger partial charge on any atom is -0.497 e. The van der Waals surface area contributed by atoms with Gasteiger partial charge in [0.05, 0.1) is 12.0 Å². The van der Waals surface area contributed by atoms with Crippen molar-refractivity contribution in [3.8, 4) is 17.1 Å². The Kier molecular flexibility index (Phi) is 5.51. The predicted octanol–water partition coefficient (Wildman–Crippen LogP) is 4.43. The van der Waals surface area contributed by atoms with Crippen LogP contribution in [0.2, 0.25) is 0 Å². The van der Waals surface area contributed by atoms with Gasteiger partial charge in [-0.2, -0.15) is 0 Å². The Morgan fingerprint density at radius 1 is 1.07 bits per heavy atom. The molecule has 1 aromatic heterocycles. The second-order valence-corrected chi connectivity index (χ2v) is 5.85. The maximum atomic E-state index is 12.1. The zero-order chi connectivity index (χ0) is 19.2. The Morgan fingerprint density at radius 2 is 1.78 bits per heavy atom. The lowest BCUT2D eigenvalue weighted by molar-refractivity contribution is -0.384. The molecule has 0 spiro atoms. The van der Waals surface area contributed by atoms with Gasteiger partial charge < -0.3 is 14.5 Å². The minimum absolute atomic E-state index is 0.0188. The summed E-state index contributed by atoms with van der Waals surface area (Å²) in [6, 6.07) is 16.9. The van der Waals surface area contributed by atoms with E-state index in [0.29, 0.717) is 17.9 Å². The largest absolute Gasteiger partial charge is 0.497 e. The average molecular weight is 366 g/mol. The number of carbonyl (C=O) groups is 1. The first-order valence-corrected chi connectivity index (χ1v) is 8.32. The van der Waals surface area contributed by atoms with E-state index in [1.165, 1.54) is 24.3 Å². The molecule has 1 amide bonds. The number of nitro groups is 1. The van der Waals surface area contributed by atoms with Crippen molar-refractivity contribution in [3.05, 3.63) is 76.5 Å². The van der Waals surface area contributed by atoms with Gasteiger partial charge in [0.2, 0.25) is 5.91 Å². The fourth-order valence-corrected chi connectivity index (χ4v) is 2.55. The van der Waals surface area contributed by atoms with Crippen LogP contribution in [0, 0.1) is 10.1 Å². The molecule has 7 nitrogen and oxygen atoms in total. The van der Waals surface area contributed by atoms with Crippen molar-refractivity contribution >= 4 is 17.3 Å². The Balaban J connectivity index is 1.54. The van der Waals surface area contributed by atoms with E-state index in [0.717, 1.165) is 17.1 Å². The topological polar surface area (TPSA) is 94.6 Å². The number of ether oxygens (including phenoxy) is 1. The molecule has 0 fully saturated rings. The van der Waals surface area contributed by atoms with E-state index in [-0.39, 0.29) is 18.0 Å². The van der Waals surface area contributed by atoms with Gasteiger partial charge in [0.15, 0.2) is 0 Å². The van der Waals surface area contributed by atoms with Crippen molar-refractivity contribution in [3.63, 3.8) is 0 Å². The van der Waals surface area contributed by atoms with Crippen LogP contribution in [0.4, 0.5) is 11.4 Å². The van der Waals surface area contributed by atoms with Crippen LogP contribution in [-0.2, 0) is 11.2 Å². The number of aryl methyl sites for hydroxylation is 1. The van der Waals surface area contributed by atoms with Gasteiger partial charge in [-0.15, -0.1) is 0 Å². The first kappa shape index (κ1) is 18.2. The van der Waals surface area contributed by atoms with Crippen LogP contribution in [0.15, 0.2) is 65.1 Å². The van der Waals surface area contributed by atoms with E-state index in [1.807, 2.05) is 36.4 Å². The highest BCUT2D eigenvalue weighted by molar-refractivity contribution is 5.90. The van der Waals surface area contributed by atoms with Gasteiger partial charge in [-0.3, -0.25) is 14.9 Å². The highest BCUT2D eigenvalue weighted by atomic mass is 16.6. The third kappa shape index (κ3) is 4.72. The number of amides is 1. The first-order chi connectivity index (χ1) is 13.0. The molecule has 0 unspecified atom stereocenters. The van der Waals surface area contributed by atoms with Crippen molar-refractivity contribution < 1.29 is 18.9 Å². The summed E-state index contributed by atoms with van der Waals surface area (Å²) in [7, 11) is 1.61. The number of nitrogens with one attached hydrogen (secondary N) is 1. The van der Waals surface area contributed by atoms with Crippen LogP contribution in [0.1, 0.15) is 12.2 Å². The molecule has 0 bridgehead atoms. The third-order valence-corrected chi connectivity index (χ3v) is 4.00. The average Bonchev–Trinajstić information content (AvgIpc) is 3.16. The molecule has 1 N–H and O–H groups in total. The smallest absolute Gasteiger partial charge is 0.269 e. The number of benzene rings is 2. The first-order valence-electron chi connectivity index (χ1n) is 8.32. The monoisotopic (exact) mass is 366 g/mol. The summed E-state index contributed by atoms with van der Waals surface area (Å²) in [5.74, 6) is 2.02. The van der Waals surface area contributed by atoms with Gasteiger partial charge in [-0.1, -0.05) is 0 Å². The van der Waals surface area contributed by atoms with E-state index in [1.54, 1.807) is 7.11 Å². The Morgan fingerprint density at radius 3 is 2.41 bits per heavy atom. The maximum absolute atomic E-state index is 12.1. The lowest BCUT2D eigenvalue weighted by Gasteiger charge is -2.04. The third-order valence-electron chi connectivity index (χ3n) is 4.00. The molecule has 0 radical (unpaired) electrons. The molecule has 0 saturated heterocycles. The zero-order valence-corrected chi connectivity index (χ0v) is 14.7. The Labute approximate surface area is 155 Å². The van der Waals surface area contributed by atoms with E-state index in [2.05, 4.69) is 5.32 Å². The number of nitrogens with zero attached hydrogens (tertiary/aromatic N) is 1. The van der Waals surface area contributed by atoms with E-state index < -0.39 is 4.92 Å². The van der Waals surface area contributed by atoms with Crippen LogP contribution in [0.5, 0.6) is 5.75 Å².